The number of aryl methyl sites for hydroxylation is 1. The summed E-state index contributed by atoms with van der Waals surface area (Å²) in [4.78, 5) is 21.1. The second kappa shape index (κ2) is 7.96. The molecule has 2 heterocycles. The lowest BCUT2D eigenvalue weighted by atomic mass is 10.00. The predicted octanol–water partition coefficient (Wildman–Crippen LogP) is 5.03. The van der Waals surface area contributed by atoms with Crippen molar-refractivity contribution in [2.75, 3.05) is 5.32 Å². The number of nitrogens with zero attached hydrogens (tertiary/aromatic N) is 2. The minimum Gasteiger partial charge on any atom is -0.392 e. The second-order valence-corrected chi connectivity index (χ2v) is 7.23. The van der Waals surface area contributed by atoms with Crippen molar-refractivity contribution in [1.29, 1.82) is 0 Å². The van der Waals surface area contributed by atoms with E-state index < -0.39 is 24.3 Å². The molecule has 0 bridgehead atoms. The summed E-state index contributed by atoms with van der Waals surface area (Å²) in [7, 11) is 0. The molecule has 0 aliphatic carbocycles. The molecule has 3 aromatic rings. The Labute approximate surface area is 176 Å². The van der Waals surface area contributed by atoms with E-state index in [9.17, 15) is 23.1 Å². The number of fused-ring (bicyclic) bond motifs is 1. The highest BCUT2D eigenvalue weighted by Crippen LogP contribution is 2.39. The molecule has 1 aliphatic rings. The minimum absolute atomic E-state index is 0.0366. The Balaban J connectivity index is 1.81. The maximum Gasteiger partial charge on any atom is 0.416 e. The number of pyridine rings is 1. The van der Waals surface area contributed by atoms with Crippen LogP contribution in [0, 0.1) is 6.92 Å². The zero-order valence-corrected chi connectivity index (χ0v) is 16.5. The molecule has 0 saturated heterocycles. The highest BCUT2D eigenvalue weighted by atomic mass is 19.4. The van der Waals surface area contributed by atoms with Crippen molar-refractivity contribution in [3.05, 3.63) is 77.1 Å². The fraction of sp³-hybridized carbons (Fsp3) is 0.174. The summed E-state index contributed by atoms with van der Waals surface area (Å²) in [5, 5.41) is 11.9. The van der Waals surface area contributed by atoms with Crippen LogP contribution in [0.25, 0.3) is 11.1 Å². The molecule has 31 heavy (non-hydrogen) atoms. The van der Waals surface area contributed by atoms with Gasteiger partial charge in [0.15, 0.2) is 0 Å². The first-order valence-corrected chi connectivity index (χ1v) is 9.50. The maximum absolute atomic E-state index is 13.3. The van der Waals surface area contributed by atoms with Gasteiger partial charge < -0.3 is 10.4 Å². The monoisotopic (exact) mass is 425 g/mol. The van der Waals surface area contributed by atoms with E-state index in [2.05, 4.69) is 15.3 Å². The molecule has 0 atom stereocenters. The van der Waals surface area contributed by atoms with Crippen molar-refractivity contribution >= 4 is 23.0 Å². The van der Waals surface area contributed by atoms with Crippen LogP contribution in [0.1, 0.15) is 28.8 Å². The second-order valence-electron chi connectivity index (χ2n) is 7.23. The lowest BCUT2D eigenvalue weighted by Crippen LogP contribution is -2.16. The number of rotatable bonds is 3. The highest BCUT2D eigenvalue weighted by molar-refractivity contribution is 6.17. The molecule has 1 amide bonds. The Morgan fingerprint density at radius 3 is 2.52 bits per heavy atom. The van der Waals surface area contributed by atoms with E-state index >= 15 is 0 Å². The van der Waals surface area contributed by atoms with Crippen LogP contribution in [0.3, 0.4) is 0 Å². The van der Waals surface area contributed by atoms with Crippen LogP contribution in [0.2, 0.25) is 0 Å². The van der Waals surface area contributed by atoms with Crippen LogP contribution in [0.15, 0.2) is 59.7 Å². The molecule has 8 heteroatoms. The highest BCUT2D eigenvalue weighted by Gasteiger charge is 2.34. The first kappa shape index (κ1) is 20.7. The van der Waals surface area contributed by atoms with Crippen LogP contribution < -0.4 is 5.32 Å². The molecule has 0 spiro atoms. The van der Waals surface area contributed by atoms with E-state index in [-0.39, 0.29) is 23.4 Å². The van der Waals surface area contributed by atoms with Gasteiger partial charge in [-0.25, -0.2) is 0 Å². The third kappa shape index (κ3) is 4.34. The lowest BCUT2D eigenvalue weighted by Gasteiger charge is -2.15. The SMILES string of the molecule is Cc1cc(-c2cccc(C3=Nc4cc(CO)c(C(F)(F)F)cc4NC(=O)C3)c2)ccn1. The Kier molecular flexibility index (Phi) is 5.32. The molecule has 0 saturated carbocycles. The van der Waals surface area contributed by atoms with Crippen LogP contribution in [0.5, 0.6) is 0 Å². The fourth-order valence-electron chi connectivity index (χ4n) is 3.52. The number of aromatic nitrogens is 1. The van der Waals surface area contributed by atoms with E-state index in [1.54, 1.807) is 12.3 Å². The third-order valence-corrected chi connectivity index (χ3v) is 4.98. The number of aliphatic hydroxyl groups is 1. The van der Waals surface area contributed by atoms with Gasteiger partial charge in [0.25, 0.3) is 0 Å². The van der Waals surface area contributed by atoms with Crippen LogP contribution in [-0.2, 0) is 17.6 Å². The summed E-state index contributed by atoms with van der Waals surface area (Å²) in [5.41, 5.74) is 2.65. The van der Waals surface area contributed by atoms with E-state index in [4.69, 9.17) is 0 Å². The molecular weight excluding hydrogens is 407 g/mol. The normalized spacial score (nSPS) is 13.8. The molecule has 0 fully saturated rings. The van der Waals surface area contributed by atoms with Crippen molar-refractivity contribution < 1.29 is 23.1 Å². The van der Waals surface area contributed by atoms with Crippen molar-refractivity contribution in [3.8, 4) is 11.1 Å². The van der Waals surface area contributed by atoms with Gasteiger partial charge in [-0.1, -0.05) is 18.2 Å². The summed E-state index contributed by atoms with van der Waals surface area (Å²) in [6, 6.07) is 13.2. The van der Waals surface area contributed by atoms with Gasteiger partial charge >= 0.3 is 6.18 Å². The maximum atomic E-state index is 13.3. The first-order valence-electron chi connectivity index (χ1n) is 9.50. The lowest BCUT2D eigenvalue weighted by molar-refractivity contribution is -0.138. The van der Waals surface area contributed by atoms with Crippen molar-refractivity contribution in [2.45, 2.75) is 26.1 Å². The molecule has 1 aromatic heterocycles. The van der Waals surface area contributed by atoms with Gasteiger partial charge in [-0.15, -0.1) is 0 Å². The number of hydrogen-bond donors (Lipinski definition) is 2. The molecule has 5 nitrogen and oxygen atoms in total. The number of aliphatic hydroxyl groups excluding tert-OH is 1. The standard InChI is InChI=1S/C23H18F3N3O2/c1-13-7-15(5-6-27-13)14-3-2-4-16(8-14)19-11-22(31)29-21-10-18(23(24,25)26)17(12-30)9-20(21)28-19/h2-10,30H,11-12H2,1H3,(H,29,31). The van der Waals surface area contributed by atoms with E-state index in [0.29, 0.717) is 11.3 Å². The number of hydrogen-bond acceptors (Lipinski definition) is 4. The van der Waals surface area contributed by atoms with E-state index in [0.717, 1.165) is 22.9 Å². The third-order valence-electron chi connectivity index (χ3n) is 4.98. The average Bonchev–Trinajstić information content (AvgIpc) is 2.89. The Morgan fingerprint density at radius 1 is 1.06 bits per heavy atom. The smallest absolute Gasteiger partial charge is 0.392 e. The zero-order valence-electron chi connectivity index (χ0n) is 16.5. The van der Waals surface area contributed by atoms with Gasteiger partial charge in [0.2, 0.25) is 5.91 Å². The number of halogens is 3. The number of carbonyl (C=O) groups excluding carboxylic acids is 1. The van der Waals surface area contributed by atoms with Crippen molar-refractivity contribution in [3.63, 3.8) is 0 Å². The van der Waals surface area contributed by atoms with Gasteiger partial charge in [0.05, 0.1) is 35.7 Å². The largest absolute Gasteiger partial charge is 0.416 e. The average molecular weight is 425 g/mol. The summed E-state index contributed by atoms with van der Waals surface area (Å²) in [6.07, 6.45) is -3.05. The molecule has 2 N–H and O–H groups in total. The van der Waals surface area contributed by atoms with Gasteiger partial charge in [-0.3, -0.25) is 14.8 Å². The Morgan fingerprint density at radius 2 is 1.81 bits per heavy atom. The molecule has 158 valence electrons. The van der Waals surface area contributed by atoms with Crippen LogP contribution in [-0.4, -0.2) is 21.7 Å². The summed E-state index contributed by atoms with van der Waals surface area (Å²) < 4.78 is 39.9. The first-order chi connectivity index (χ1) is 14.7. The number of amides is 1. The Bertz CT molecular complexity index is 1200. The van der Waals surface area contributed by atoms with Crippen molar-refractivity contribution in [1.82, 2.24) is 4.98 Å². The summed E-state index contributed by atoms with van der Waals surface area (Å²) in [6.45, 7) is 1.09. The van der Waals surface area contributed by atoms with Crippen LogP contribution in [0.4, 0.5) is 24.5 Å². The number of benzene rings is 2. The molecule has 4 rings (SSSR count). The number of anilines is 1. The number of alkyl halides is 3. The quantitative estimate of drug-likeness (QED) is 0.618. The fourth-order valence-corrected chi connectivity index (χ4v) is 3.52. The van der Waals surface area contributed by atoms with Gasteiger partial charge in [-0.2, -0.15) is 13.2 Å². The minimum atomic E-state index is -4.66. The summed E-state index contributed by atoms with van der Waals surface area (Å²) in [5.74, 6) is -0.465. The van der Waals surface area contributed by atoms with Gasteiger partial charge in [0, 0.05) is 11.9 Å². The summed E-state index contributed by atoms with van der Waals surface area (Å²) >= 11 is 0. The van der Waals surface area contributed by atoms with Crippen molar-refractivity contribution in [2.24, 2.45) is 4.99 Å². The molecule has 1 aliphatic heterocycles. The number of aliphatic imine (C=N–C) groups is 1. The Hall–Kier alpha value is -3.52. The predicted molar refractivity (Wildman–Crippen MR) is 111 cm³/mol. The van der Waals surface area contributed by atoms with Crippen LogP contribution >= 0.6 is 0 Å². The van der Waals surface area contributed by atoms with E-state index in [1.165, 1.54) is 6.07 Å². The van der Waals surface area contributed by atoms with Gasteiger partial charge in [0.1, 0.15) is 0 Å². The molecule has 0 radical (unpaired) electrons. The molecule has 0 unspecified atom stereocenters. The topological polar surface area (TPSA) is 74.6 Å². The molecule has 2 aromatic carbocycles. The number of carbonyl (C=O) groups is 1. The number of nitrogens with one attached hydrogen (secondary N) is 1. The van der Waals surface area contributed by atoms with E-state index in [1.807, 2.05) is 37.3 Å². The van der Waals surface area contributed by atoms with Gasteiger partial charge in [-0.05, 0) is 59.5 Å². The molecular formula is C23H18F3N3O2. The zero-order chi connectivity index (χ0) is 22.2.